The largest absolute Gasteiger partial charge is 0.381 e. The molecule has 1 aliphatic heterocycles. The molecule has 1 heterocycles. The van der Waals surface area contributed by atoms with E-state index in [4.69, 9.17) is 16.3 Å². The summed E-state index contributed by atoms with van der Waals surface area (Å²) in [6, 6.07) is 8.14. The van der Waals surface area contributed by atoms with Crippen molar-refractivity contribution in [1.82, 2.24) is 10.6 Å². The van der Waals surface area contributed by atoms with E-state index in [0.717, 1.165) is 43.6 Å². The van der Waals surface area contributed by atoms with Gasteiger partial charge in [0.15, 0.2) is 5.96 Å². The average molecular weight is 322 g/mol. The lowest BCUT2D eigenvalue weighted by atomic mass is 9.74. The lowest BCUT2D eigenvalue weighted by Gasteiger charge is -2.38. The van der Waals surface area contributed by atoms with Gasteiger partial charge in [-0.2, -0.15) is 0 Å². The monoisotopic (exact) mass is 321 g/mol. The Kier molecular flexibility index (Phi) is 6.28. The zero-order valence-corrected chi connectivity index (χ0v) is 13.8. The lowest BCUT2D eigenvalue weighted by molar-refractivity contribution is 0.0514. The standard InChI is InChI=1S/C17H24ClN3O/c1-3-9-20-16(19-2)21-13-17(7-10-22-11-8-17)14-5-4-6-15(18)12-14/h3-6,12H,1,7-11,13H2,2H3,(H2,19,20,21). The van der Waals surface area contributed by atoms with E-state index in [1.165, 1.54) is 5.56 Å². The number of aliphatic imine (C=N–C) groups is 1. The number of halogens is 1. The summed E-state index contributed by atoms with van der Waals surface area (Å²) in [6.45, 7) is 6.74. The minimum atomic E-state index is 0.0228. The average Bonchev–Trinajstić information content (AvgIpc) is 2.56. The summed E-state index contributed by atoms with van der Waals surface area (Å²) in [5.74, 6) is 0.785. The molecule has 1 aromatic carbocycles. The fourth-order valence-electron chi connectivity index (χ4n) is 2.79. The predicted octanol–water partition coefficient (Wildman–Crippen LogP) is 2.74. The van der Waals surface area contributed by atoms with E-state index in [9.17, 15) is 0 Å². The van der Waals surface area contributed by atoms with Crippen LogP contribution in [0, 0.1) is 0 Å². The molecule has 5 heteroatoms. The van der Waals surface area contributed by atoms with Crippen molar-refractivity contribution in [2.24, 2.45) is 4.99 Å². The molecule has 0 unspecified atom stereocenters. The van der Waals surface area contributed by atoms with Gasteiger partial charge in [0.1, 0.15) is 0 Å². The number of nitrogens with one attached hydrogen (secondary N) is 2. The maximum absolute atomic E-state index is 6.19. The molecule has 4 nitrogen and oxygen atoms in total. The Labute approximate surface area is 137 Å². The molecule has 0 spiro atoms. The van der Waals surface area contributed by atoms with Crippen LogP contribution in [0.4, 0.5) is 0 Å². The van der Waals surface area contributed by atoms with Gasteiger partial charge >= 0.3 is 0 Å². The molecule has 1 aromatic rings. The lowest BCUT2D eigenvalue weighted by Crippen LogP contribution is -2.48. The molecule has 22 heavy (non-hydrogen) atoms. The molecule has 1 fully saturated rings. The van der Waals surface area contributed by atoms with E-state index in [1.54, 1.807) is 7.05 Å². The van der Waals surface area contributed by atoms with Crippen LogP contribution in [0.3, 0.4) is 0 Å². The zero-order chi connectivity index (χ0) is 15.8. The molecule has 0 saturated carbocycles. The highest BCUT2D eigenvalue weighted by molar-refractivity contribution is 6.30. The van der Waals surface area contributed by atoms with Crippen molar-refractivity contribution in [1.29, 1.82) is 0 Å². The summed E-state index contributed by atoms with van der Waals surface area (Å²) in [5.41, 5.74) is 1.28. The highest BCUT2D eigenvalue weighted by Gasteiger charge is 2.34. The van der Waals surface area contributed by atoms with Gasteiger partial charge in [0.25, 0.3) is 0 Å². The Hall–Kier alpha value is -1.52. The van der Waals surface area contributed by atoms with E-state index >= 15 is 0 Å². The zero-order valence-electron chi connectivity index (χ0n) is 13.1. The second-order valence-electron chi connectivity index (χ2n) is 5.50. The molecule has 0 amide bonds. The Balaban J connectivity index is 2.14. The van der Waals surface area contributed by atoms with Crippen LogP contribution in [0.5, 0.6) is 0 Å². The van der Waals surface area contributed by atoms with E-state index in [0.29, 0.717) is 6.54 Å². The maximum Gasteiger partial charge on any atom is 0.191 e. The Bertz CT molecular complexity index is 524. The molecule has 1 saturated heterocycles. The van der Waals surface area contributed by atoms with Crippen LogP contribution in [0.1, 0.15) is 18.4 Å². The summed E-state index contributed by atoms with van der Waals surface area (Å²) < 4.78 is 5.55. The SMILES string of the molecule is C=CCNC(=NC)NCC1(c2cccc(Cl)c2)CCOCC1. The second kappa shape index (κ2) is 8.20. The Morgan fingerprint density at radius 3 is 2.82 bits per heavy atom. The summed E-state index contributed by atoms with van der Waals surface area (Å²) in [5, 5.41) is 7.40. The first-order valence-corrected chi connectivity index (χ1v) is 7.97. The molecule has 0 radical (unpaired) electrons. The molecule has 2 N–H and O–H groups in total. The first-order valence-electron chi connectivity index (χ1n) is 7.59. The first-order chi connectivity index (χ1) is 10.7. The van der Waals surface area contributed by atoms with Crippen LogP contribution in [0.25, 0.3) is 0 Å². The van der Waals surface area contributed by atoms with Crippen LogP contribution < -0.4 is 10.6 Å². The molecule has 1 aliphatic rings. The van der Waals surface area contributed by atoms with Crippen molar-refractivity contribution in [2.75, 3.05) is 33.4 Å². The van der Waals surface area contributed by atoms with Crippen molar-refractivity contribution >= 4 is 17.6 Å². The quantitative estimate of drug-likeness (QED) is 0.498. The number of guanidine groups is 1. The van der Waals surface area contributed by atoms with E-state index in [2.05, 4.69) is 34.3 Å². The van der Waals surface area contributed by atoms with E-state index < -0.39 is 0 Å². The number of hydrogen-bond donors (Lipinski definition) is 2. The highest BCUT2D eigenvalue weighted by atomic mass is 35.5. The smallest absolute Gasteiger partial charge is 0.191 e. The van der Waals surface area contributed by atoms with Crippen LogP contribution in [-0.4, -0.2) is 39.3 Å². The van der Waals surface area contributed by atoms with Gasteiger partial charge in [-0.1, -0.05) is 29.8 Å². The predicted molar refractivity (Wildman–Crippen MR) is 92.7 cm³/mol. The molecule has 0 atom stereocenters. The van der Waals surface area contributed by atoms with E-state index in [1.807, 2.05) is 18.2 Å². The van der Waals surface area contributed by atoms with E-state index in [-0.39, 0.29) is 5.41 Å². The maximum atomic E-state index is 6.19. The fraction of sp³-hybridized carbons (Fsp3) is 0.471. The molecular weight excluding hydrogens is 298 g/mol. The minimum absolute atomic E-state index is 0.0228. The minimum Gasteiger partial charge on any atom is -0.381 e. The topological polar surface area (TPSA) is 45.7 Å². The van der Waals surface area contributed by atoms with Gasteiger partial charge in [0, 0.05) is 43.8 Å². The van der Waals surface area contributed by atoms with Gasteiger partial charge in [-0.25, -0.2) is 0 Å². The van der Waals surface area contributed by atoms with Gasteiger partial charge in [0.05, 0.1) is 0 Å². The van der Waals surface area contributed by atoms with Crippen molar-refractivity contribution in [3.8, 4) is 0 Å². The van der Waals surface area contributed by atoms with Crippen LogP contribution in [0.15, 0.2) is 41.9 Å². The van der Waals surface area contributed by atoms with Gasteiger partial charge in [-0.05, 0) is 30.5 Å². The van der Waals surface area contributed by atoms with Crippen molar-refractivity contribution in [3.05, 3.63) is 47.5 Å². The Morgan fingerprint density at radius 1 is 1.41 bits per heavy atom. The molecule has 0 bridgehead atoms. The summed E-state index contributed by atoms with van der Waals surface area (Å²) in [7, 11) is 1.77. The third kappa shape index (κ3) is 4.24. The number of hydrogen-bond acceptors (Lipinski definition) is 2. The summed E-state index contributed by atoms with van der Waals surface area (Å²) in [4.78, 5) is 4.24. The number of benzene rings is 1. The number of rotatable bonds is 5. The molecule has 0 aliphatic carbocycles. The van der Waals surface area contributed by atoms with Crippen molar-refractivity contribution in [3.63, 3.8) is 0 Å². The van der Waals surface area contributed by atoms with Crippen molar-refractivity contribution in [2.45, 2.75) is 18.3 Å². The number of nitrogens with zero attached hydrogens (tertiary/aromatic N) is 1. The Morgan fingerprint density at radius 2 is 2.18 bits per heavy atom. The van der Waals surface area contributed by atoms with Crippen LogP contribution in [-0.2, 0) is 10.2 Å². The number of ether oxygens (including phenoxy) is 1. The van der Waals surface area contributed by atoms with Crippen LogP contribution in [0.2, 0.25) is 5.02 Å². The van der Waals surface area contributed by atoms with Gasteiger partial charge in [0.2, 0.25) is 0 Å². The second-order valence-corrected chi connectivity index (χ2v) is 5.93. The molecule has 0 aromatic heterocycles. The third-order valence-electron chi connectivity index (χ3n) is 4.12. The molecular formula is C17H24ClN3O. The van der Waals surface area contributed by atoms with Crippen molar-refractivity contribution < 1.29 is 4.74 Å². The molecule has 120 valence electrons. The van der Waals surface area contributed by atoms with Gasteiger partial charge in [-0.15, -0.1) is 6.58 Å². The van der Waals surface area contributed by atoms with Gasteiger partial charge in [-0.3, -0.25) is 4.99 Å². The third-order valence-corrected chi connectivity index (χ3v) is 4.35. The van der Waals surface area contributed by atoms with Gasteiger partial charge < -0.3 is 15.4 Å². The molecule has 2 rings (SSSR count). The summed E-state index contributed by atoms with van der Waals surface area (Å²) >= 11 is 6.19. The highest BCUT2D eigenvalue weighted by Crippen LogP contribution is 2.35. The summed E-state index contributed by atoms with van der Waals surface area (Å²) in [6.07, 6.45) is 3.76. The first kappa shape index (κ1) is 16.8. The normalized spacial score (nSPS) is 17.8. The van der Waals surface area contributed by atoms with Crippen LogP contribution >= 0.6 is 11.6 Å². The fourth-order valence-corrected chi connectivity index (χ4v) is 2.98.